The summed E-state index contributed by atoms with van der Waals surface area (Å²) in [5, 5.41) is 0.626. The van der Waals surface area contributed by atoms with E-state index in [4.69, 9.17) is 0 Å². The van der Waals surface area contributed by atoms with Crippen LogP contribution in [0.15, 0.2) is 0 Å². The number of hydrogen-bond acceptors (Lipinski definition) is 0. The molecule has 1 fully saturated rings. The number of rotatable bonds is 3. The molecule has 0 radical (unpaired) electrons. The molecular weight excluding hydrogens is 155 g/mol. The Morgan fingerprint density at radius 3 is 2.15 bits per heavy atom. The Kier molecular flexibility index (Phi) is 3.48. The molecule has 1 aliphatic rings. The Morgan fingerprint density at radius 2 is 1.69 bits per heavy atom. The molecule has 0 aromatic carbocycles. The molecule has 0 aromatic heterocycles. The third-order valence-corrected chi connectivity index (χ3v) is 4.47. The van der Waals surface area contributed by atoms with Crippen LogP contribution in [-0.4, -0.2) is 7.85 Å². The van der Waals surface area contributed by atoms with Crippen LogP contribution in [0.5, 0.6) is 0 Å². The summed E-state index contributed by atoms with van der Waals surface area (Å²) in [5.74, 6) is 0. The second-order valence-corrected chi connectivity index (χ2v) is 5.76. The molecule has 0 N–H and O–H groups in total. The van der Waals surface area contributed by atoms with Gasteiger partial charge in [-0.15, -0.1) is 0 Å². The maximum atomic E-state index is 2.52. The van der Waals surface area contributed by atoms with Crippen LogP contribution >= 0.6 is 0 Å². The van der Waals surface area contributed by atoms with Crippen LogP contribution < -0.4 is 0 Å². The standard InChI is InChI=1S/C12H25B/c1-4-8-11(2,3)12(13)9-6-5-7-10-12/h4-10,13H2,1-3H3. The van der Waals surface area contributed by atoms with Crippen molar-refractivity contribution in [2.75, 3.05) is 0 Å². The maximum Gasteiger partial charge on any atom is 0.110 e. The fourth-order valence-corrected chi connectivity index (χ4v) is 2.94. The molecule has 0 aliphatic heterocycles. The second-order valence-electron chi connectivity index (χ2n) is 5.76. The average Bonchev–Trinajstić information content (AvgIpc) is 2.05. The second kappa shape index (κ2) is 4.06. The van der Waals surface area contributed by atoms with E-state index in [0.717, 1.165) is 0 Å². The first-order chi connectivity index (χ1) is 6.02. The molecular formula is C12H25B. The van der Waals surface area contributed by atoms with E-state index < -0.39 is 0 Å². The highest BCUT2D eigenvalue weighted by Gasteiger charge is 2.40. The molecule has 0 saturated heterocycles. The van der Waals surface area contributed by atoms with E-state index in [9.17, 15) is 0 Å². The molecule has 76 valence electrons. The molecule has 0 spiro atoms. The van der Waals surface area contributed by atoms with Gasteiger partial charge >= 0.3 is 0 Å². The van der Waals surface area contributed by atoms with Gasteiger partial charge in [0, 0.05) is 0 Å². The molecule has 1 aliphatic carbocycles. The van der Waals surface area contributed by atoms with E-state index in [1.165, 1.54) is 44.9 Å². The van der Waals surface area contributed by atoms with Gasteiger partial charge in [-0.05, 0) is 11.8 Å². The van der Waals surface area contributed by atoms with Crippen LogP contribution in [0.25, 0.3) is 0 Å². The molecule has 1 heteroatoms. The van der Waals surface area contributed by atoms with Gasteiger partial charge in [0.05, 0.1) is 0 Å². The van der Waals surface area contributed by atoms with Crippen LogP contribution in [0.3, 0.4) is 0 Å². The zero-order valence-corrected chi connectivity index (χ0v) is 9.95. The molecule has 0 bridgehead atoms. The smallest absolute Gasteiger partial charge is 0.0654 e. The summed E-state index contributed by atoms with van der Waals surface area (Å²) in [6.45, 7) is 7.26. The van der Waals surface area contributed by atoms with Crippen molar-refractivity contribution in [2.24, 2.45) is 5.41 Å². The Balaban J connectivity index is 2.64. The molecule has 0 atom stereocenters. The zero-order valence-electron chi connectivity index (χ0n) is 9.95. The van der Waals surface area contributed by atoms with E-state index >= 15 is 0 Å². The average molecular weight is 180 g/mol. The number of hydrogen-bond donors (Lipinski definition) is 0. The van der Waals surface area contributed by atoms with Gasteiger partial charge in [0.25, 0.3) is 0 Å². The monoisotopic (exact) mass is 180 g/mol. The fraction of sp³-hybridized carbons (Fsp3) is 1.00. The van der Waals surface area contributed by atoms with Gasteiger partial charge in [-0.2, -0.15) is 0 Å². The summed E-state index contributed by atoms with van der Waals surface area (Å²) < 4.78 is 0. The topological polar surface area (TPSA) is 0 Å². The Morgan fingerprint density at radius 1 is 1.15 bits per heavy atom. The lowest BCUT2D eigenvalue weighted by Gasteiger charge is -2.47. The molecule has 1 saturated carbocycles. The van der Waals surface area contributed by atoms with Crippen LogP contribution in [0.2, 0.25) is 5.31 Å². The van der Waals surface area contributed by atoms with E-state index in [-0.39, 0.29) is 0 Å². The van der Waals surface area contributed by atoms with Gasteiger partial charge in [0.1, 0.15) is 7.85 Å². The predicted octanol–water partition coefficient (Wildman–Crippen LogP) is 3.57. The van der Waals surface area contributed by atoms with Crippen LogP contribution in [0.1, 0.15) is 65.7 Å². The van der Waals surface area contributed by atoms with E-state index in [0.29, 0.717) is 10.7 Å². The van der Waals surface area contributed by atoms with Crippen molar-refractivity contribution < 1.29 is 0 Å². The van der Waals surface area contributed by atoms with Crippen molar-refractivity contribution in [3.8, 4) is 0 Å². The van der Waals surface area contributed by atoms with E-state index in [1.807, 2.05) is 0 Å². The summed E-state index contributed by atoms with van der Waals surface area (Å²) in [4.78, 5) is 0. The van der Waals surface area contributed by atoms with Crippen molar-refractivity contribution in [1.82, 2.24) is 0 Å². The quantitative estimate of drug-likeness (QED) is 0.582. The fourth-order valence-electron chi connectivity index (χ4n) is 2.94. The van der Waals surface area contributed by atoms with Gasteiger partial charge in [-0.3, -0.25) is 0 Å². The Bertz CT molecular complexity index is 155. The van der Waals surface area contributed by atoms with Crippen molar-refractivity contribution in [1.29, 1.82) is 0 Å². The third-order valence-electron chi connectivity index (χ3n) is 4.47. The zero-order chi connectivity index (χ0) is 9.95. The highest BCUT2D eigenvalue weighted by Crippen LogP contribution is 2.55. The molecule has 0 amide bonds. The summed E-state index contributed by atoms with van der Waals surface area (Å²) in [5.41, 5.74) is 0.558. The minimum absolute atomic E-state index is 0.558. The molecule has 0 aromatic rings. The normalized spacial score (nSPS) is 23.0. The van der Waals surface area contributed by atoms with Crippen molar-refractivity contribution in [3.05, 3.63) is 0 Å². The molecule has 0 nitrogen and oxygen atoms in total. The van der Waals surface area contributed by atoms with Gasteiger partial charge in [0.2, 0.25) is 0 Å². The van der Waals surface area contributed by atoms with Crippen LogP contribution in [0, 0.1) is 5.41 Å². The SMILES string of the molecule is BC1(C(C)(C)CCC)CCCCC1. The van der Waals surface area contributed by atoms with E-state index in [2.05, 4.69) is 28.6 Å². The molecule has 0 unspecified atom stereocenters. The van der Waals surface area contributed by atoms with Gasteiger partial charge in [-0.1, -0.05) is 64.6 Å². The lowest BCUT2D eigenvalue weighted by molar-refractivity contribution is 0.163. The predicted molar refractivity (Wildman–Crippen MR) is 63.0 cm³/mol. The summed E-state index contributed by atoms with van der Waals surface area (Å²) in [7, 11) is 2.52. The van der Waals surface area contributed by atoms with Crippen molar-refractivity contribution in [2.45, 2.75) is 71.0 Å². The lowest BCUT2D eigenvalue weighted by atomic mass is 9.47. The first-order valence-corrected chi connectivity index (χ1v) is 6.02. The summed E-state index contributed by atoms with van der Waals surface area (Å²) >= 11 is 0. The molecule has 0 heterocycles. The Hall–Kier alpha value is 0.0649. The van der Waals surface area contributed by atoms with E-state index in [1.54, 1.807) is 0 Å². The third kappa shape index (κ3) is 2.30. The lowest BCUT2D eigenvalue weighted by Crippen LogP contribution is -2.33. The first kappa shape index (κ1) is 11.1. The summed E-state index contributed by atoms with van der Waals surface area (Å²) in [6.07, 6.45) is 10.0. The molecule has 13 heavy (non-hydrogen) atoms. The highest BCUT2D eigenvalue weighted by molar-refractivity contribution is 6.15. The van der Waals surface area contributed by atoms with Crippen LogP contribution in [0.4, 0.5) is 0 Å². The highest BCUT2D eigenvalue weighted by atomic mass is 14.4. The minimum Gasteiger partial charge on any atom is -0.0654 e. The molecule has 1 rings (SSSR count). The van der Waals surface area contributed by atoms with Crippen LogP contribution in [-0.2, 0) is 0 Å². The van der Waals surface area contributed by atoms with Crippen molar-refractivity contribution >= 4 is 7.85 Å². The summed E-state index contributed by atoms with van der Waals surface area (Å²) in [6, 6.07) is 0. The van der Waals surface area contributed by atoms with Gasteiger partial charge < -0.3 is 0 Å². The van der Waals surface area contributed by atoms with Gasteiger partial charge in [-0.25, -0.2) is 0 Å². The minimum atomic E-state index is 0.558. The Labute approximate surface area is 84.9 Å². The van der Waals surface area contributed by atoms with Gasteiger partial charge in [0.15, 0.2) is 0 Å². The first-order valence-electron chi connectivity index (χ1n) is 6.02. The van der Waals surface area contributed by atoms with Crippen molar-refractivity contribution in [3.63, 3.8) is 0 Å². The largest absolute Gasteiger partial charge is 0.110 e. The maximum absolute atomic E-state index is 2.52.